The number of rotatable bonds is 5. The van der Waals surface area contributed by atoms with E-state index in [9.17, 15) is 4.79 Å². The van der Waals surface area contributed by atoms with Crippen molar-refractivity contribution in [3.63, 3.8) is 0 Å². The van der Waals surface area contributed by atoms with Crippen molar-refractivity contribution in [3.05, 3.63) is 29.1 Å². The van der Waals surface area contributed by atoms with Crippen LogP contribution in [0.1, 0.15) is 49.1 Å². The molecule has 0 bridgehead atoms. The van der Waals surface area contributed by atoms with Gasteiger partial charge in [-0.3, -0.25) is 9.69 Å². The van der Waals surface area contributed by atoms with Crippen LogP contribution in [0.4, 0.5) is 0 Å². The molecule has 4 rings (SSSR count). The molecule has 1 aromatic carbocycles. The van der Waals surface area contributed by atoms with Crippen molar-refractivity contribution in [2.45, 2.75) is 58.5 Å². The third-order valence-electron chi connectivity index (χ3n) is 6.22. The maximum absolute atomic E-state index is 12.4. The third kappa shape index (κ3) is 3.37. The summed E-state index contributed by atoms with van der Waals surface area (Å²) >= 11 is 0. The molecule has 5 nitrogen and oxygen atoms in total. The Labute approximate surface area is 155 Å². The van der Waals surface area contributed by atoms with Gasteiger partial charge in [0.05, 0.1) is 17.6 Å². The van der Waals surface area contributed by atoms with Gasteiger partial charge in [0.25, 0.3) is 0 Å². The van der Waals surface area contributed by atoms with E-state index in [0.717, 1.165) is 36.5 Å². The van der Waals surface area contributed by atoms with Crippen LogP contribution in [0.2, 0.25) is 0 Å². The summed E-state index contributed by atoms with van der Waals surface area (Å²) in [6.45, 7) is 6.94. The molecule has 1 aliphatic heterocycles. The summed E-state index contributed by atoms with van der Waals surface area (Å²) < 4.78 is 0. The van der Waals surface area contributed by atoms with Crippen molar-refractivity contribution in [2.24, 2.45) is 5.92 Å². The first-order chi connectivity index (χ1) is 12.5. The van der Waals surface area contributed by atoms with Gasteiger partial charge in [-0.05, 0) is 56.8 Å². The number of hydrogen-bond donors (Lipinski definition) is 1. The first-order valence-electron chi connectivity index (χ1n) is 9.94. The van der Waals surface area contributed by atoms with Crippen LogP contribution < -0.4 is 0 Å². The molecule has 1 saturated carbocycles. The Bertz CT molecular complexity index is 806. The smallest absolute Gasteiger partial charge is 0.223 e. The lowest BCUT2D eigenvalue weighted by Gasteiger charge is -2.25. The van der Waals surface area contributed by atoms with Crippen LogP contribution in [0.5, 0.6) is 0 Å². The molecule has 1 aromatic heterocycles. The fraction of sp³-hybridized carbons (Fsp3) is 0.619. The van der Waals surface area contributed by atoms with E-state index in [1.165, 1.54) is 36.8 Å². The van der Waals surface area contributed by atoms with Crippen LogP contribution >= 0.6 is 0 Å². The van der Waals surface area contributed by atoms with Gasteiger partial charge in [-0.2, -0.15) is 0 Å². The molecular weight excluding hydrogens is 324 g/mol. The molecule has 2 aliphatic rings. The van der Waals surface area contributed by atoms with E-state index in [4.69, 9.17) is 4.98 Å². The number of benzene rings is 1. The number of aromatic amines is 1. The zero-order chi connectivity index (χ0) is 18.3. The largest absolute Gasteiger partial charge is 0.341 e. The number of fused-ring (bicyclic) bond motifs is 1. The molecule has 1 aliphatic carbocycles. The first-order valence-corrected chi connectivity index (χ1v) is 9.94. The van der Waals surface area contributed by atoms with Gasteiger partial charge in [0.2, 0.25) is 5.91 Å². The van der Waals surface area contributed by atoms with Crippen LogP contribution in [-0.2, 0) is 11.3 Å². The second-order valence-corrected chi connectivity index (χ2v) is 8.34. The van der Waals surface area contributed by atoms with Gasteiger partial charge >= 0.3 is 0 Å². The molecule has 5 heteroatoms. The van der Waals surface area contributed by atoms with E-state index >= 15 is 0 Å². The molecule has 140 valence electrons. The lowest BCUT2D eigenvalue weighted by molar-refractivity contribution is -0.129. The Morgan fingerprint density at radius 3 is 2.81 bits per heavy atom. The Morgan fingerprint density at radius 1 is 1.27 bits per heavy atom. The predicted octanol–water partition coefficient (Wildman–Crippen LogP) is 3.40. The quantitative estimate of drug-likeness (QED) is 0.895. The number of likely N-dealkylation sites (tertiary alicyclic amines) is 1. The SMILES string of the molecule is Cc1ccc2[nH]c(CN(C)C[C@H]3CC(=O)N(C4CCCC4)C3)nc2c1C. The topological polar surface area (TPSA) is 52.2 Å². The standard InChI is InChI=1S/C21H30N4O/c1-14-8-9-18-21(15(14)2)23-19(22-18)13-24(3)11-16-10-20(26)25(12-16)17-6-4-5-7-17/h8-9,16-17H,4-7,10-13H2,1-3H3,(H,22,23)/t16-/m1/s1. The van der Waals surface area contributed by atoms with Crippen molar-refractivity contribution in [1.29, 1.82) is 0 Å². The highest BCUT2D eigenvalue weighted by atomic mass is 16.2. The number of carbonyl (C=O) groups is 1. The van der Waals surface area contributed by atoms with Gasteiger partial charge in [-0.1, -0.05) is 18.9 Å². The van der Waals surface area contributed by atoms with Crippen LogP contribution in [0, 0.1) is 19.8 Å². The summed E-state index contributed by atoms with van der Waals surface area (Å²) in [5.41, 5.74) is 4.72. The average Bonchev–Trinajstić information content (AvgIpc) is 3.31. The lowest BCUT2D eigenvalue weighted by atomic mass is 10.1. The van der Waals surface area contributed by atoms with Gasteiger partial charge < -0.3 is 9.88 Å². The molecule has 1 amide bonds. The van der Waals surface area contributed by atoms with E-state index in [1.54, 1.807) is 0 Å². The Morgan fingerprint density at radius 2 is 2.04 bits per heavy atom. The van der Waals surface area contributed by atoms with Crippen molar-refractivity contribution in [1.82, 2.24) is 19.8 Å². The summed E-state index contributed by atoms with van der Waals surface area (Å²) in [4.78, 5) is 25.1. The fourth-order valence-electron chi connectivity index (χ4n) is 4.70. The zero-order valence-corrected chi connectivity index (χ0v) is 16.2. The number of aromatic nitrogens is 2. The van der Waals surface area contributed by atoms with Crippen molar-refractivity contribution >= 4 is 16.9 Å². The Hall–Kier alpha value is -1.88. The molecule has 1 atom stereocenters. The highest BCUT2D eigenvalue weighted by Gasteiger charge is 2.35. The number of amides is 1. The maximum atomic E-state index is 12.4. The number of nitrogens with one attached hydrogen (secondary N) is 1. The highest BCUT2D eigenvalue weighted by molar-refractivity contribution is 5.80. The number of nitrogens with zero attached hydrogens (tertiary/aromatic N) is 3. The lowest BCUT2D eigenvalue weighted by Crippen LogP contribution is -2.35. The Balaban J connectivity index is 1.37. The molecule has 1 N–H and O–H groups in total. The number of aryl methyl sites for hydroxylation is 2. The monoisotopic (exact) mass is 354 g/mol. The normalized spacial score (nSPS) is 21.6. The van der Waals surface area contributed by atoms with Crippen LogP contribution in [-0.4, -0.2) is 51.9 Å². The van der Waals surface area contributed by atoms with E-state index in [0.29, 0.717) is 24.3 Å². The summed E-state index contributed by atoms with van der Waals surface area (Å²) in [6.07, 6.45) is 5.67. The molecule has 2 heterocycles. The van der Waals surface area contributed by atoms with Gasteiger partial charge in [-0.15, -0.1) is 0 Å². The molecule has 0 unspecified atom stereocenters. The van der Waals surface area contributed by atoms with Crippen LogP contribution in [0.15, 0.2) is 12.1 Å². The van der Waals surface area contributed by atoms with E-state index in [2.05, 4.69) is 47.8 Å². The van der Waals surface area contributed by atoms with Crippen molar-refractivity contribution in [3.8, 4) is 0 Å². The summed E-state index contributed by atoms with van der Waals surface area (Å²) in [6, 6.07) is 4.77. The van der Waals surface area contributed by atoms with Gasteiger partial charge in [-0.25, -0.2) is 4.98 Å². The predicted molar refractivity (Wildman–Crippen MR) is 104 cm³/mol. The molecule has 0 spiro atoms. The number of hydrogen-bond acceptors (Lipinski definition) is 3. The van der Waals surface area contributed by atoms with Crippen LogP contribution in [0.25, 0.3) is 11.0 Å². The van der Waals surface area contributed by atoms with E-state index < -0.39 is 0 Å². The second kappa shape index (κ2) is 7.03. The van der Waals surface area contributed by atoms with Gasteiger partial charge in [0.15, 0.2) is 0 Å². The summed E-state index contributed by atoms with van der Waals surface area (Å²) in [5, 5.41) is 0. The van der Waals surface area contributed by atoms with Gasteiger partial charge in [0, 0.05) is 25.6 Å². The second-order valence-electron chi connectivity index (χ2n) is 8.34. The van der Waals surface area contributed by atoms with Gasteiger partial charge in [0.1, 0.15) is 5.82 Å². The minimum Gasteiger partial charge on any atom is -0.341 e. The molecule has 1 saturated heterocycles. The first kappa shape index (κ1) is 17.5. The molecule has 0 radical (unpaired) electrons. The van der Waals surface area contributed by atoms with Crippen molar-refractivity contribution < 1.29 is 4.79 Å². The summed E-state index contributed by atoms with van der Waals surface area (Å²) in [7, 11) is 2.13. The highest BCUT2D eigenvalue weighted by Crippen LogP contribution is 2.29. The third-order valence-corrected chi connectivity index (χ3v) is 6.22. The van der Waals surface area contributed by atoms with E-state index in [-0.39, 0.29) is 0 Å². The molecular formula is C21H30N4O. The molecule has 2 aromatic rings. The maximum Gasteiger partial charge on any atom is 0.223 e. The molecule has 2 fully saturated rings. The summed E-state index contributed by atoms with van der Waals surface area (Å²) in [5.74, 6) is 1.82. The number of imidazole rings is 1. The average molecular weight is 354 g/mol. The number of carbonyl (C=O) groups excluding carboxylic acids is 1. The van der Waals surface area contributed by atoms with E-state index in [1.807, 2.05) is 0 Å². The fourth-order valence-corrected chi connectivity index (χ4v) is 4.70. The Kier molecular flexibility index (Phi) is 4.74. The van der Waals surface area contributed by atoms with Crippen LogP contribution in [0.3, 0.4) is 0 Å². The number of H-pyrrole nitrogens is 1. The zero-order valence-electron chi connectivity index (χ0n) is 16.2. The minimum atomic E-state index is 0.366. The van der Waals surface area contributed by atoms with Crippen molar-refractivity contribution in [2.75, 3.05) is 20.1 Å². The minimum absolute atomic E-state index is 0.366. The molecule has 26 heavy (non-hydrogen) atoms.